The lowest BCUT2D eigenvalue weighted by Crippen LogP contribution is -2.51. The summed E-state index contributed by atoms with van der Waals surface area (Å²) in [4.78, 5) is 1.78. The molecule has 5 nitrogen and oxygen atoms in total. The van der Waals surface area contributed by atoms with Crippen molar-refractivity contribution in [2.45, 2.75) is 24.7 Å². The molecule has 124 valence electrons. The van der Waals surface area contributed by atoms with E-state index in [4.69, 9.17) is 0 Å². The maximum Gasteiger partial charge on any atom is 0.391 e. The van der Waals surface area contributed by atoms with Gasteiger partial charge in [0.05, 0.1) is 24.8 Å². The Labute approximate surface area is 131 Å². The number of aliphatic hydroxyl groups is 1. The first-order valence-electron chi connectivity index (χ1n) is 7.35. The highest BCUT2D eigenvalue weighted by molar-refractivity contribution is 5.57. The van der Waals surface area contributed by atoms with E-state index in [0.29, 0.717) is 13.1 Å². The molecular weight excluding hydrogens is 309 g/mol. The lowest BCUT2D eigenvalue weighted by Gasteiger charge is -2.39. The van der Waals surface area contributed by atoms with Crippen LogP contribution < -0.4 is 0 Å². The van der Waals surface area contributed by atoms with Gasteiger partial charge in [0, 0.05) is 25.2 Å². The second-order valence-corrected chi connectivity index (χ2v) is 5.80. The highest BCUT2D eigenvalue weighted by Gasteiger charge is 2.35. The quantitative estimate of drug-likeness (QED) is 0.914. The average Bonchev–Trinajstić information content (AvgIpc) is 2.90. The minimum Gasteiger partial charge on any atom is -0.391 e. The first-order chi connectivity index (χ1) is 10.9. The number of halogens is 3. The summed E-state index contributed by atoms with van der Waals surface area (Å²) in [6, 6.07) is 9.72. The predicted octanol–water partition coefficient (Wildman–Crippen LogP) is 2.12. The number of hydrogen-bond acceptors (Lipinski definition) is 4. The van der Waals surface area contributed by atoms with E-state index < -0.39 is 18.7 Å². The molecule has 23 heavy (non-hydrogen) atoms. The van der Waals surface area contributed by atoms with Crippen LogP contribution in [0.5, 0.6) is 0 Å². The van der Waals surface area contributed by atoms with E-state index in [1.165, 1.54) is 0 Å². The molecule has 1 aliphatic rings. The van der Waals surface area contributed by atoms with Gasteiger partial charge in [-0.1, -0.05) is 35.5 Å². The van der Waals surface area contributed by atoms with Crippen LogP contribution in [-0.4, -0.2) is 56.9 Å². The molecule has 1 N–H and O–H groups in total. The number of hydrogen-bond donors (Lipinski definition) is 1. The zero-order valence-corrected chi connectivity index (χ0v) is 12.3. The normalized spacial score (nSPS) is 17.9. The number of β-amino-alcohol motifs (C(OH)–C–C–N with tert-alkyl or cyclic N) is 1. The van der Waals surface area contributed by atoms with E-state index in [2.05, 4.69) is 10.3 Å². The molecule has 1 aromatic heterocycles. The van der Waals surface area contributed by atoms with Gasteiger partial charge in [-0.05, 0) is 0 Å². The topological polar surface area (TPSA) is 54.2 Å². The van der Waals surface area contributed by atoms with E-state index in [1.807, 2.05) is 36.5 Å². The fraction of sp³-hybridized carbons (Fsp3) is 0.467. The number of likely N-dealkylation sites (tertiary alicyclic amines) is 1. The fourth-order valence-corrected chi connectivity index (χ4v) is 2.69. The van der Waals surface area contributed by atoms with Crippen molar-refractivity contribution in [1.82, 2.24) is 19.9 Å². The minimum absolute atomic E-state index is 0.0241. The highest BCUT2D eigenvalue weighted by Crippen LogP contribution is 2.26. The first-order valence-corrected chi connectivity index (χ1v) is 7.35. The van der Waals surface area contributed by atoms with Crippen molar-refractivity contribution in [2.24, 2.45) is 0 Å². The van der Waals surface area contributed by atoms with E-state index in [9.17, 15) is 18.3 Å². The Morgan fingerprint density at radius 1 is 1.22 bits per heavy atom. The van der Waals surface area contributed by atoms with Crippen molar-refractivity contribution < 1.29 is 18.3 Å². The molecular formula is C15H17F3N4O. The van der Waals surface area contributed by atoms with Crippen LogP contribution in [0.3, 0.4) is 0 Å². The molecule has 8 heteroatoms. The molecule has 0 amide bonds. The van der Waals surface area contributed by atoms with Gasteiger partial charge in [0.2, 0.25) is 0 Å². The maximum atomic E-state index is 12.2. The lowest BCUT2D eigenvalue weighted by atomic mass is 10.1. The summed E-state index contributed by atoms with van der Waals surface area (Å²) in [5.41, 5.74) is 1.73. The summed E-state index contributed by atoms with van der Waals surface area (Å²) in [6.07, 6.45) is -5.05. The molecule has 1 aromatic carbocycles. The zero-order chi connectivity index (χ0) is 16.4. The third-order valence-electron chi connectivity index (χ3n) is 3.83. The molecule has 0 bridgehead atoms. The Kier molecular flexibility index (Phi) is 4.36. The molecule has 1 aliphatic heterocycles. The molecule has 0 spiro atoms. The third kappa shape index (κ3) is 4.08. The van der Waals surface area contributed by atoms with Crippen LogP contribution in [0.1, 0.15) is 12.5 Å². The third-order valence-corrected chi connectivity index (χ3v) is 3.83. The van der Waals surface area contributed by atoms with Gasteiger partial charge < -0.3 is 5.11 Å². The van der Waals surface area contributed by atoms with Crippen LogP contribution in [0.2, 0.25) is 0 Å². The molecule has 2 heterocycles. The summed E-state index contributed by atoms with van der Waals surface area (Å²) in [6.45, 7) is 1.15. The summed E-state index contributed by atoms with van der Waals surface area (Å²) >= 11 is 0. The predicted molar refractivity (Wildman–Crippen MR) is 77.6 cm³/mol. The van der Waals surface area contributed by atoms with Crippen LogP contribution in [0.15, 0.2) is 36.5 Å². The van der Waals surface area contributed by atoms with Crippen LogP contribution >= 0.6 is 0 Å². The van der Waals surface area contributed by atoms with Gasteiger partial charge in [-0.2, -0.15) is 13.2 Å². The molecule has 2 aromatic rings. The Bertz CT molecular complexity index is 638. The Balaban J connectivity index is 1.51. The summed E-state index contributed by atoms with van der Waals surface area (Å²) in [5.74, 6) is 0. The van der Waals surface area contributed by atoms with Gasteiger partial charge in [-0.3, -0.25) is 4.90 Å². The van der Waals surface area contributed by atoms with Gasteiger partial charge >= 0.3 is 6.18 Å². The van der Waals surface area contributed by atoms with Crippen LogP contribution in [0.4, 0.5) is 13.2 Å². The molecule has 0 radical (unpaired) electrons. The average molecular weight is 326 g/mol. The molecule has 1 atom stereocenters. The molecule has 0 aliphatic carbocycles. The molecule has 1 fully saturated rings. The summed E-state index contributed by atoms with van der Waals surface area (Å²) in [5, 5.41) is 17.6. The monoisotopic (exact) mass is 326 g/mol. The number of aromatic nitrogens is 3. The maximum absolute atomic E-state index is 12.2. The molecule has 0 saturated carbocycles. The van der Waals surface area contributed by atoms with Crippen molar-refractivity contribution in [1.29, 1.82) is 0 Å². The van der Waals surface area contributed by atoms with Gasteiger partial charge in [0.25, 0.3) is 0 Å². The molecule has 3 rings (SSSR count). The van der Waals surface area contributed by atoms with Crippen molar-refractivity contribution in [3.05, 3.63) is 36.5 Å². The number of aliphatic hydroxyl groups excluding tert-OH is 1. The van der Waals surface area contributed by atoms with E-state index >= 15 is 0 Å². The fourth-order valence-electron chi connectivity index (χ4n) is 2.69. The number of rotatable bonds is 5. The lowest BCUT2D eigenvalue weighted by molar-refractivity contribution is -0.156. The number of nitrogens with zero attached hydrogens (tertiary/aromatic N) is 4. The van der Waals surface area contributed by atoms with Crippen LogP contribution in [0, 0.1) is 0 Å². The second kappa shape index (κ2) is 6.29. The van der Waals surface area contributed by atoms with Crippen LogP contribution in [-0.2, 0) is 0 Å². The first kappa shape index (κ1) is 15.9. The van der Waals surface area contributed by atoms with E-state index in [0.717, 1.165) is 11.3 Å². The SMILES string of the molecule is OC(CN1CC(n2cc(-c3ccccc3)nn2)C1)CC(F)(F)F. The van der Waals surface area contributed by atoms with E-state index in [1.54, 1.807) is 9.58 Å². The van der Waals surface area contributed by atoms with Gasteiger partial charge in [0.15, 0.2) is 0 Å². The van der Waals surface area contributed by atoms with Gasteiger partial charge in [0.1, 0.15) is 5.69 Å². The molecule has 1 saturated heterocycles. The summed E-state index contributed by atoms with van der Waals surface area (Å²) < 4.78 is 38.3. The number of alkyl halides is 3. The largest absolute Gasteiger partial charge is 0.391 e. The Morgan fingerprint density at radius 3 is 2.57 bits per heavy atom. The van der Waals surface area contributed by atoms with Crippen LogP contribution in [0.25, 0.3) is 11.3 Å². The minimum atomic E-state index is -4.33. The van der Waals surface area contributed by atoms with Crippen molar-refractivity contribution >= 4 is 0 Å². The molecule has 1 unspecified atom stereocenters. The highest BCUT2D eigenvalue weighted by atomic mass is 19.4. The summed E-state index contributed by atoms with van der Waals surface area (Å²) in [7, 11) is 0. The van der Waals surface area contributed by atoms with E-state index in [-0.39, 0.29) is 12.6 Å². The van der Waals surface area contributed by atoms with Crippen molar-refractivity contribution in [3.63, 3.8) is 0 Å². The smallest absolute Gasteiger partial charge is 0.391 e. The van der Waals surface area contributed by atoms with Gasteiger partial charge in [-0.15, -0.1) is 5.10 Å². The Morgan fingerprint density at radius 2 is 1.91 bits per heavy atom. The Hall–Kier alpha value is -1.93. The van der Waals surface area contributed by atoms with Crippen molar-refractivity contribution in [3.8, 4) is 11.3 Å². The number of benzene rings is 1. The van der Waals surface area contributed by atoms with Crippen molar-refractivity contribution in [2.75, 3.05) is 19.6 Å². The van der Waals surface area contributed by atoms with Gasteiger partial charge in [-0.25, -0.2) is 4.68 Å². The standard InChI is InChI=1S/C15H17F3N4O/c16-15(17,18)6-13(23)9-21-7-12(8-21)22-10-14(19-20-22)11-4-2-1-3-5-11/h1-5,10,12-13,23H,6-9H2. The zero-order valence-electron chi connectivity index (χ0n) is 12.3. The second-order valence-electron chi connectivity index (χ2n) is 5.80.